The minimum absolute atomic E-state index is 0.0851. The van der Waals surface area contributed by atoms with E-state index in [-0.39, 0.29) is 18.5 Å². The first-order chi connectivity index (χ1) is 29.8. The van der Waals surface area contributed by atoms with Gasteiger partial charge in [-0.25, -0.2) is 0 Å². The van der Waals surface area contributed by atoms with Crippen LogP contribution in [0.25, 0.3) is 10.9 Å². The molecule has 12 nitrogen and oxygen atoms in total. The Kier molecular flexibility index (Phi) is 9.77. The minimum atomic E-state index is -2.25. The second-order valence-electron chi connectivity index (χ2n) is 19.3. The van der Waals surface area contributed by atoms with Crippen LogP contribution in [0.15, 0.2) is 78.9 Å². The number of ether oxygens (including phenoxy) is 2. The summed E-state index contributed by atoms with van der Waals surface area (Å²) >= 11 is 0. The van der Waals surface area contributed by atoms with Crippen molar-refractivity contribution in [3.05, 3.63) is 107 Å². The van der Waals surface area contributed by atoms with Crippen molar-refractivity contribution in [2.45, 2.75) is 99.1 Å². The Balaban J connectivity index is 1.23. The lowest BCUT2D eigenvalue weighted by Gasteiger charge is -2.63. The average Bonchev–Trinajstić information content (AvgIpc) is 3.95. The third-order valence-electron chi connectivity index (χ3n) is 16.5. The number of aromatic amines is 1. The normalized spacial score (nSPS) is 35.8. The summed E-state index contributed by atoms with van der Waals surface area (Å²) in [5.74, 6) is -0.645. The summed E-state index contributed by atoms with van der Waals surface area (Å²) in [6.07, 6.45) is 5.92. The van der Waals surface area contributed by atoms with Crippen molar-refractivity contribution in [2.75, 3.05) is 58.9 Å². The maximum absolute atomic E-state index is 15.4. The molecular formula is C50H61N5O7. The zero-order valence-electron chi connectivity index (χ0n) is 36.6. The van der Waals surface area contributed by atoms with E-state index in [1.165, 1.54) is 7.11 Å². The van der Waals surface area contributed by atoms with E-state index in [2.05, 4.69) is 50.5 Å². The van der Waals surface area contributed by atoms with Crippen LogP contribution in [0.3, 0.4) is 0 Å². The molecule has 2 saturated heterocycles. The molecule has 328 valence electrons. The molecule has 1 amide bonds. The van der Waals surface area contributed by atoms with Crippen LogP contribution < -0.4 is 15.0 Å². The smallest absolute Gasteiger partial charge is 0.322 e. The van der Waals surface area contributed by atoms with Gasteiger partial charge >= 0.3 is 5.97 Å². The first-order valence-corrected chi connectivity index (χ1v) is 22.6. The number of fused-ring (bicyclic) bond motifs is 6. The molecule has 0 radical (unpaired) electrons. The number of anilines is 1. The molecule has 12 heteroatoms. The van der Waals surface area contributed by atoms with E-state index in [1.54, 1.807) is 7.11 Å². The van der Waals surface area contributed by atoms with Gasteiger partial charge in [-0.2, -0.15) is 0 Å². The van der Waals surface area contributed by atoms with Crippen molar-refractivity contribution in [3.8, 4) is 5.75 Å². The zero-order chi connectivity index (χ0) is 43.4. The fraction of sp³-hybridized carbons (Fsp3) is 0.520. The van der Waals surface area contributed by atoms with E-state index >= 15 is 4.79 Å². The van der Waals surface area contributed by atoms with Crippen LogP contribution >= 0.6 is 0 Å². The Labute approximate surface area is 363 Å². The van der Waals surface area contributed by atoms with Gasteiger partial charge in [-0.3, -0.25) is 19.4 Å². The highest BCUT2D eigenvalue weighted by Gasteiger charge is 2.78. The van der Waals surface area contributed by atoms with Gasteiger partial charge in [-0.1, -0.05) is 74.5 Å². The largest absolute Gasteiger partial charge is 0.496 e. The molecule has 10 atom stereocenters. The summed E-state index contributed by atoms with van der Waals surface area (Å²) in [4.78, 5) is 40.9. The summed E-state index contributed by atoms with van der Waals surface area (Å²) in [5, 5.41) is 42.4. The molecule has 3 aromatic carbocycles. The summed E-state index contributed by atoms with van der Waals surface area (Å²) < 4.78 is 12.4. The molecule has 1 saturated carbocycles. The first kappa shape index (κ1) is 41.3. The van der Waals surface area contributed by atoms with E-state index in [4.69, 9.17) is 9.47 Å². The van der Waals surface area contributed by atoms with Crippen LogP contribution in [-0.4, -0.2) is 125 Å². The predicted octanol–water partition coefficient (Wildman–Crippen LogP) is 4.56. The molecule has 62 heavy (non-hydrogen) atoms. The van der Waals surface area contributed by atoms with Gasteiger partial charge in [-0.05, 0) is 79.8 Å². The minimum Gasteiger partial charge on any atom is -0.496 e. The highest BCUT2D eigenvalue weighted by molar-refractivity contribution is 5.95. The van der Waals surface area contributed by atoms with E-state index in [0.717, 1.165) is 52.1 Å². The van der Waals surface area contributed by atoms with Gasteiger partial charge in [0, 0.05) is 90.6 Å². The van der Waals surface area contributed by atoms with Gasteiger partial charge in [0.25, 0.3) is 5.91 Å². The zero-order valence-corrected chi connectivity index (χ0v) is 36.6. The van der Waals surface area contributed by atoms with E-state index in [1.807, 2.05) is 74.3 Å². The number of aromatic nitrogens is 1. The highest BCUT2D eigenvalue weighted by atomic mass is 16.5. The number of rotatable bonds is 8. The summed E-state index contributed by atoms with van der Waals surface area (Å²) in [5.41, 5.74) is -0.464. The van der Waals surface area contributed by atoms with Crippen molar-refractivity contribution >= 4 is 28.5 Å². The molecule has 6 aliphatic rings. The summed E-state index contributed by atoms with van der Waals surface area (Å²) in [7, 11) is 4.98. The van der Waals surface area contributed by atoms with Gasteiger partial charge in [0.15, 0.2) is 5.60 Å². The maximum atomic E-state index is 15.4. The third-order valence-corrected chi connectivity index (χ3v) is 16.5. The number of piperidine rings is 1. The number of hydrogen-bond donors (Lipinski definition) is 5. The summed E-state index contributed by atoms with van der Waals surface area (Å²) in [6, 6.07) is 20.8. The maximum Gasteiger partial charge on any atom is 0.322 e. The van der Waals surface area contributed by atoms with Crippen LogP contribution in [0.2, 0.25) is 0 Å². The number of aliphatic hydroxyl groups excluding tert-OH is 1. The number of esters is 1. The number of carbonyl (C=O) groups is 2. The molecule has 1 spiro atoms. The SMILES string of the molecule is CC[C@]1(O)C[C@H]2CN(CCc3c([nH]c4ccccc34)[C@@](C(=O)OC)(c3cc4c(cc3OC)N(C)[C@H]3[C@@](O)(C(=O)NCc5ccccc5)[C@H](O)[C@]5(CC)C=CCN6CC[C@]43[C@@H]65)C2)C1. The van der Waals surface area contributed by atoms with Crippen molar-refractivity contribution in [1.29, 1.82) is 0 Å². The number of benzene rings is 3. The number of nitrogens with one attached hydrogen (secondary N) is 2. The lowest BCUT2D eigenvalue weighted by atomic mass is 9.47. The Morgan fingerprint density at radius 1 is 0.952 bits per heavy atom. The van der Waals surface area contributed by atoms with Gasteiger partial charge in [0.2, 0.25) is 0 Å². The molecule has 4 aromatic rings. The van der Waals surface area contributed by atoms with Crippen molar-refractivity contribution in [2.24, 2.45) is 11.3 Å². The predicted molar refractivity (Wildman–Crippen MR) is 237 cm³/mol. The monoisotopic (exact) mass is 843 g/mol. The van der Waals surface area contributed by atoms with Crippen LogP contribution in [0.4, 0.5) is 5.69 Å². The number of nitrogens with zero attached hydrogens (tertiary/aromatic N) is 3. The Morgan fingerprint density at radius 3 is 2.47 bits per heavy atom. The third kappa shape index (κ3) is 5.49. The van der Waals surface area contributed by atoms with Crippen LogP contribution in [0.5, 0.6) is 5.75 Å². The second kappa shape index (κ2) is 14.7. The molecule has 5 aliphatic heterocycles. The second-order valence-corrected chi connectivity index (χ2v) is 19.3. The standard InChI is InChI=1S/C50H61N5O7/c1-6-46(59)26-32-27-49(45(58)62-5,40-34(18-22-54(29-32)30-46)33-16-11-12-17-37(33)52-40)36-24-35-38(25-39(36)61-4)53(3)42-48(35)20-23-55-21-13-19-47(7-2,41(48)55)43(56)50(42,60)44(57)51-28-31-14-9-8-10-15-31/h8-17,19,24-25,32,41-43,52,56,59-60H,6-7,18,20-23,26-30H2,1-5H3,(H,51,57)/t32-,41+,42-,43-,46+,47-,48-,49+,50+/m1/s1. The molecule has 2 bridgehead atoms. The van der Waals surface area contributed by atoms with Crippen LogP contribution in [0.1, 0.15) is 73.9 Å². The fourth-order valence-electron chi connectivity index (χ4n) is 14.0. The Morgan fingerprint density at radius 2 is 1.73 bits per heavy atom. The molecule has 6 heterocycles. The topological polar surface area (TPSA) is 151 Å². The lowest BCUT2D eigenvalue weighted by molar-refractivity contribution is -0.203. The summed E-state index contributed by atoms with van der Waals surface area (Å²) in [6.45, 7) is 7.64. The Hall–Kier alpha value is -4.72. The molecule has 3 fully saturated rings. The number of methoxy groups -OCH3 is 2. The Bertz CT molecular complexity index is 2460. The van der Waals surface area contributed by atoms with E-state index in [0.29, 0.717) is 69.5 Å². The van der Waals surface area contributed by atoms with E-state index in [9.17, 15) is 20.1 Å². The number of likely N-dealkylation sites (N-methyl/N-ethyl adjacent to an activating group) is 1. The first-order valence-electron chi connectivity index (χ1n) is 22.6. The molecule has 1 aliphatic carbocycles. The van der Waals surface area contributed by atoms with Crippen molar-refractivity contribution < 1.29 is 34.4 Å². The van der Waals surface area contributed by atoms with Gasteiger partial charge in [0.05, 0.1) is 25.9 Å². The molecule has 5 N–H and O–H groups in total. The average molecular weight is 844 g/mol. The number of para-hydroxylation sites is 1. The molecular weight excluding hydrogens is 783 g/mol. The molecule has 10 rings (SSSR count). The van der Waals surface area contributed by atoms with Gasteiger partial charge in [-0.15, -0.1) is 0 Å². The molecule has 1 unspecified atom stereocenters. The van der Waals surface area contributed by atoms with Crippen molar-refractivity contribution in [3.63, 3.8) is 0 Å². The van der Waals surface area contributed by atoms with Gasteiger partial charge < -0.3 is 40.0 Å². The number of aliphatic hydroxyl groups is 3. The molecule has 1 aromatic heterocycles. The lowest BCUT2D eigenvalue weighted by Crippen LogP contribution is -2.81. The number of carbonyl (C=O) groups excluding carboxylic acids is 2. The quantitative estimate of drug-likeness (QED) is 0.126. The van der Waals surface area contributed by atoms with Crippen LogP contribution in [0, 0.1) is 11.3 Å². The highest BCUT2D eigenvalue weighted by Crippen LogP contribution is 2.67. The fourth-order valence-corrected chi connectivity index (χ4v) is 14.0. The van der Waals surface area contributed by atoms with Gasteiger partial charge in [0.1, 0.15) is 17.3 Å². The van der Waals surface area contributed by atoms with Crippen molar-refractivity contribution in [1.82, 2.24) is 20.1 Å². The van der Waals surface area contributed by atoms with Crippen LogP contribution in [-0.2, 0) is 38.1 Å². The number of amides is 1. The van der Waals surface area contributed by atoms with E-state index < -0.39 is 51.5 Å². The number of hydrogen-bond acceptors (Lipinski definition) is 10. The number of H-pyrrole nitrogens is 1.